The molecule has 1 amide bonds. The van der Waals surface area contributed by atoms with E-state index in [1.807, 2.05) is 14.1 Å². The number of anilines is 2. The standard InChI is InChI=1S/C18H21F3N4O/c1-25(2)9-3-8-23-16-10-13(11-22-12-16)17(26)24-15-6-4-14(5-7-15)18(19,20)21/h4-7,10-12,23H,3,8-9H2,1-2H3,(H,24,26). The van der Waals surface area contributed by atoms with E-state index >= 15 is 0 Å². The Kier molecular flexibility index (Phi) is 6.57. The van der Waals surface area contributed by atoms with Crippen molar-refractivity contribution in [3.63, 3.8) is 0 Å². The number of pyridine rings is 1. The van der Waals surface area contributed by atoms with Crippen molar-refractivity contribution in [2.24, 2.45) is 0 Å². The van der Waals surface area contributed by atoms with E-state index in [0.29, 0.717) is 11.3 Å². The third-order valence-electron chi connectivity index (χ3n) is 3.58. The molecule has 0 saturated carbocycles. The molecule has 0 aliphatic carbocycles. The zero-order valence-electron chi connectivity index (χ0n) is 14.6. The van der Waals surface area contributed by atoms with Crippen molar-refractivity contribution in [1.29, 1.82) is 0 Å². The Morgan fingerprint density at radius 2 is 1.81 bits per heavy atom. The van der Waals surface area contributed by atoms with Gasteiger partial charge >= 0.3 is 6.18 Å². The quantitative estimate of drug-likeness (QED) is 0.734. The van der Waals surface area contributed by atoms with Crippen LogP contribution in [0.25, 0.3) is 0 Å². The molecule has 0 radical (unpaired) electrons. The lowest BCUT2D eigenvalue weighted by Crippen LogP contribution is -2.17. The van der Waals surface area contributed by atoms with Crippen LogP contribution in [0.4, 0.5) is 24.5 Å². The summed E-state index contributed by atoms with van der Waals surface area (Å²) >= 11 is 0. The minimum atomic E-state index is -4.40. The van der Waals surface area contributed by atoms with Crippen LogP contribution in [0.2, 0.25) is 0 Å². The van der Waals surface area contributed by atoms with Gasteiger partial charge in [-0.1, -0.05) is 0 Å². The van der Waals surface area contributed by atoms with Crippen molar-refractivity contribution in [3.8, 4) is 0 Å². The molecule has 0 aliphatic rings. The molecule has 0 unspecified atom stereocenters. The summed E-state index contributed by atoms with van der Waals surface area (Å²) in [6.45, 7) is 1.68. The van der Waals surface area contributed by atoms with E-state index < -0.39 is 17.6 Å². The average Bonchev–Trinajstić information content (AvgIpc) is 2.58. The number of amides is 1. The Labute approximate surface area is 150 Å². The largest absolute Gasteiger partial charge is 0.416 e. The first-order chi connectivity index (χ1) is 12.3. The van der Waals surface area contributed by atoms with Crippen molar-refractivity contribution in [2.45, 2.75) is 12.6 Å². The third kappa shape index (κ3) is 6.03. The second kappa shape index (κ2) is 8.66. The van der Waals surface area contributed by atoms with Gasteiger partial charge in [0.2, 0.25) is 0 Å². The summed E-state index contributed by atoms with van der Waals surface area (Å²) in [4.78, 5) is 18.4. The van der Waals surface area contributed by atoms with Crippen molar-refractivity contribution < 1.29 is 18.0 Å². The number of alkyl halides is 3. The Balaban J connectivity index is 1.96. The molecule has 2 N–H and O–H groups in total. The number of hydrogen-bond donors (Lipinski definition) is 2. The van der Waals surface area contributed by atoms with Crippen LogP contribution in [0.15, 0.2) is 42.7 Å². The molecular weight excluding hydrogens is 345 g/mol. The molecule has 2 aromatic rings. The van der Waals surface area contributed by atoms with Crippen LogP contribution < -0.4 is 10.6 Å². The minimum Gasteiger partial charge on any atom is -0.384 e. The van der Waals surface area contributed by atoms with Gasteiger partial charge in [-0.2, -0.15) is 13.2 Å². The molecule has 0 saturated heterocycles. The van der Waals surface area contributed by atoms with Crippen LogP contribution in [-0.4, -0.2) is 43.0 Å². The number of benzene rings is 1. The molecule has 0 aliphatic heterocycles. The van der Waals surface area contributed by atoms with Crippen LogP contribution in [0.5, 0.6) is 0 Å². The number of nitrogens with zero attached hydrogens (tertiary/aromatic N) is 2. The first-order valence-corrected chi connectivity index (χ1v) is 8.08. The molecule has 26 heavy (non-hydrogen) atoms. The smallest absolute Gasteiger partial charge is 0.384 e. The highest BCUT2D eigenvalue weighted by Gasteiger charge is 2.30. The van der Waals surface area contributed by atoms with Gasteiger partial charge in [-0.3, -0.25) is 9.78 Å². The fourth-order valence-corrected chi connectivity index (χ4v) is 2.23. The zero-order chi connectivity index (χ0) is 19.2. The van der Waals surface area contributed by atoms with Gasteiger partial charge in [0.05, 0.1) is 16.8 Å². The molecule has 2 rings (SSSR count). The number of nitrogens with one attached hydrogen (secondary N) is 2. The topological polar surface area (TPSA) is 57.3 Å². The Hall–Kier alpha value is -2.61. The van der Waals surface area contributed by atoms with Gasteiger partial charge in [-0.15, -0.1) is 0 Å². The number of rotatable bonds is 7. The van der Waals surface area contributed by atoms with Crippen LogP contribution >= 0.6 is 0 Å². The van der Waals surface area contributed by atoms with Crippen molar-refractivity contribution >= 4 is 17.3 Å². The number of aromatic nitrogens is 1. The van der Waals surface area contributed by atoms with Gasteiger partial charge in [-0.05, 0) is 57.4 Å². The molecule has 140 valence electrons. The lowest BCUT2D eigenvalue weighted by molar-refractivity contribution is -0.137. The molecule has 0 bridgehead atoms. The number of hydrogen-bond acceptors (Lipinski definition) is 4. The zero-order valence-corrected chi connectivity index (χ0v) is 14.6. The molecule has 1 heterocycles. The molecule has 0 fully saturated rings. The molecule has 8 heteroatoms. The van der Waals surface area contributed by atoms with E-state index in [-0.39, 0.29) is 5.69 Å². The Morgan fingerprint density at radius 3 is 2.42 bits per heavy atom. The van der Waals surface area contributed by atoms with Gasteiger partial charge in [0.25, 0.3) is 5.91 Å². The van der Waals surface area contributed by atoms with Gasteiger partial charge in [0.15, 0.2) is 0 Å². The van der Waals surface area contributed by atoms with E-state index in [0.717, 1.165) is 31.6 Å². The summed E-state index contributed by atoms with van der Waals surface area (Å²) in [6.07, 6.45) is -0.441. The maximum Gasteiger partial charge on any atom is 0.416 e. The van der Waals surface area contributed by atoms with E-state index in [4.69, 9.17) is 0 Å². The minimum absolute atomic E-state index is 0.285. The van der Waals surface area contributed by atoms with Gasteiger partial charge in [0.1, 0.15) is 0 Å². The van der Waals surface area contributed by atoms with E-state index in [1.54, 1.807) is 12.3 Å². The van der Waals surface area contributed by atoms with Crippen molar-refractivity contribution in [2.75, 3.05) is 37.8 Å². The van der Waals surface area contributed by atoms with Gasteiger partial charge < -0.3 is 15.5 Å². The summed E-state index contributed by atoms with van der Waals surface area (Å²) in [5, 5.41) is 5.75. The molecule has 0 atom stereocenters. The van der Waals surface area contributed by atoms with Crippen LogP contribution in [0, 0.1) is 0 Å². The number of carbonyl (C=O) groups is 1. The molecular formula is C18H21F3N4O. The SMILES string of the molecule is CN(C)CCCNc1cncc(C(=O)Nc2ccc(C(F)(F)F)cc2)c1. The predicted octanol–water partition coefficient (Wildman–Crippen LogP) is 3.72. The molecule has 1 aromatic carbocycles. The highest BCUT2D eigenvalue weighted by atomic mass is 19.4. The van der Waals surface area contributed by atoms with Crippen molar-refractivity contribution in [1.82, 2.24) is 9.88 Å². The maximum atomic E-state index is 12.6. The van der Waals surface area contributed by atoms with Crippen LogP contribution in [-0.2, 0) is 6.18 Å². The normalized spacial score (nSPS) is 11.5. The molecule has 0 spiro atoms. The lowest BCUT2D eigenvalue weighted by Gasteiger charge is -2.11. The fourth-order valence-electron chi connectivity index (χ4n) is 2.23. The Bertz CT molecular complexity index is 730. The molecule has 1 aromatic heterocycles. The lowest BCUT2D eigenvalue weighted by atomic mass is 10.2. The number of carbonyl (C=O) groups excluding carboxylic acids is 1. The summed E-state index contributed by atoms with van der Waals surface area (Å²) in [5.74, 6) is -0.436. The van der Waals surface area contributed by atoms with Gasteiger partial charge in [-0.25, -0.2) is 0 Å². The summed E-state index contributed by atoms with van der Waals surface area (Å²) in [6, 6.07) is 5.95. The number of halogens is 3. The first kappa shape index (κ1) is 19.7. The van der Waals surface area contributed by atoms with E-state index in [1.165, 1.54) is 18.3 Å². The molecule has 5 nitrogen and oxygen atoms in total. The van der Waals surface area contributed by atoms with E-state index in [9.17, 15) is 18.0 Å². The Morgan fingerprint density at radius 1 is 1.12 bits per heavy atom. The summed E-state index contributed by atoms with van der Waals surface area (Å²) < 4.78 is 37.7. The van der Waals surface area contributed by atoms with E-state index in [2.05, 4.69) is 20.5 Å². The summed E-state index contributed by atoms with van der Waals surface area (Å²) in [7, 11) is 3.99. The first-order valence-electron chi connectivity index (χ1n) is 8.08. The second-order valence-electron chi connectivity index (χ2n) is 6.08. The predicted molar refractivity (Wildman–Crippen MR) is 95.3 cm³/mol. The average molecular weight is 366 g/mol. The third-order valence-corrected chi connectivity index (χ3v) is 3.58. The van der Waals surface area contributed by atoms with Crippen LogP contribution in [0.1, 0.15) is 22.3 Å². The van der Waals surface area contributed by atoms with Crippen LogP contribution in [0.3, 0.4) is 0 Å². The van der Waals surface area contributed by atoms with Gasteiger partial charge in [0, 0.05) is 24.6 Å². The maximum absolute atomic E-state index is 12.6. The highest BCUT2D eigenvalue weighted by Crippen LogP contribution is 2.29. The fraction of sp³-hybridized carbons (Fsp3) is 0.333. The van der Waals surface area contributed by atoms with Crippen molar-refractivity contribution in [3.05, 3.63) is 53.9 Å². The monoisotopic (exact) mass is 366 g/mol. The second-order valence-corrected chi connectivity index (χ2v) is 6.08. The summed E-state index contributed by atoms with van der Waals surface area (Å²) in [5.41, 5.74) is 0.555. The highest BCUT2D eigenvalue weighted by molar-refractivity contribution is 6.04.